The van der Waals surface area contributed by atoms with Gasteiger partial charge in [-0.3, -0.25) is 4.40 Å². The molecular formula is C41H26N4O. The molecule has 5 nitrogen and oxygen atoms in total. The summed E-state index contributed by atoms with van der Waals surface area (Å²) in [4.78, 5) is 14.7. The van der Waals surface area contributed by atoms with Crippen molar-refractivity contribution in [3.05, 3.63) is 158 Å². The fourth-order valence-corrected chi connectivity index (χ4v) is 6.33. The molecule has 46 heavy (non-hydrogen) atoms. The van der Waals surface area contributed by atoms with E-state index in [1.54, 1.807) is 0 Å². The number of para-hydroxylation sites is 2. The molecule has 3 heterocycles. The van der Waals surface area contributed by atoms with Gasteiger partial charge >= 0.3 is 0 Å². The molecular weight excluding hydrogens is 564 g/mol. The second kappa shape index (κ2) is 10.7. The smallest absolute Gasteiger partial charge is 0.213 e. The predicted molar refractivity (Wildman–Crippen MR) is 185 cm³/mol. The Morgan fingerprint density at radius 3 is 1.52 bits per heavy atom. The number of oxazole rings is 1. The van der Waals surface area contributed by atoms with E-state index in [9.17, 15) is 0 Å². The fourth-order valence-electron chi connectivity index (χ4n) is 6.33. The van der Waals surface area contributed by atoms with E-state index in [2.05, 4.69) is 89.3 Å². The predicted octanol–water partition coefficient (Wildman–Crippen LogP) is 10.4. The van der Waals surface area contributed by atoms with E-state index in [1.165, 1.54) is 0 Å². The summed E-state index contributed by atoms with van der Waals surface area (Å²) in [6.45, 7) is 0. The zero-order valence-corrected chi connectivity index (χ0v) is 24.7. The highest BCUT2D eigenvalue weighted by atomic mass is 16.3. The Labute approximate surface area is 265 Å². The molecule has 0 aliphatic rings. The Kier molecular flexibility index (Phi) is 6.06. The van der Waals surface area contributed by atoms with Crippen LogP contribution in [0.25, 0.3) is 84.1 Å². The molecule has 0 N–H and O–H groups in total. The van der Waals surface area contributed by atoms with Crippen LogP contribution in [0, 0.1) is 0 Å². The van der Waals surface area contributed by atoms with Gasteiger partial charge in [-0.15, -0.1) is 0 Å². The first kappa shape index (κ1) is 26.1. The van der Waals surface area contributed by atoms with Gasteiger partial charge < -0.3 is 4.42 Å². The van der Waals surface area contributed by atoms with Crippen LogP contribution in [0.1, 0.15) is 0 Å². The van der Waals surface area contributed by atoms with Crippen LogP contribution in [0.3, 0.4) is 0 Å². The first-order valence-corrected chi connectivity index (χ1v) is 15.3. The highest BCUT2D eigenvalue weighted by Gasteiger charge is 2.22. The van der Waals surface area contributed by atoms with Gasteiger partial charge in [-0.2, -0.15) is 0 Å². The second-order valence-electron chi connectivity index (χ2n) is 11.3. The zero-order chi connectivity index (χ0) is 30.5. The standard InChI is InChI=1S/C41H26N4O/c1-4-13-27(14-5-1)32-20-12-22-35-37(32)45-34-21-11-10-19-33(34)36(41(45)46-35)28-23-25-31(26-24-28)40-43-38(29-15-6-2-7-16-29)42-39(44-40)30-17-8-3-9-18-30/h1-26H. The average molecular weight is 591 g/mol. The van der Waals surface area contributed by atoms with Crippen LogP contribution in [-0.2, 0) is 0 Å². The minimum absolute atomic E-state index is 0.627. The Balaban J connectivity index is 1.21. The van der Waals surface area contributed by atoms with Gasteiger partial charge in [0, 0.05) is 27.6 Å². The molecule has 5 heteroatoms. The number of rotatable bonds is 5. The number of benzene rings is 6. The monoisotopic (exact) mass is 590 g/mol. The molecule has 0 saturated carbocycles. The molecule has 0 bridgehead atoms. The topological polar surface area (TPSA) is 56.2 Å². The largest absolute Gasteiger partial charge is 0.438 e. The lowest BCUT2D eigenvalue weighted by Crippen LogP contribution is -2.00. The van der Waals surface area contributed by atoms with E-state index in [4.69, 9.17) is 19.4 Å². The summed E-state index contributed by atoms with van der Waals surface area (Å²) < 4.78 is 8.92. The third kappa shape index (κ3) is 4.29. The molecule has 6 aromatic carbocycles. The van der Waals surface area contributed by atoms with Crippen LogP contribution >= 0.6 is 0 Å². The minimum atomic E-state index is 0.627. The third-order valence-electron chi connectivity index (χ3n) is 8.48. The molecule has 216 valence electrons. The highest BCUT2D eigenvalue weighted by Crippen LogP contribution is 2.42. The quantitative estimate of drug-likeness (QED) is 0.200. The van der Waals surface area contributed by atoms with Crippen LogP contribution in [0.5, 0.6) is 0 Å². The first-order chi connectivity index (χ1) is 22.8. The number of hydrogen-bond acceptors (Lipinski definition) is 4. The summed E-state index contributed by atoms with van der Waals surface area (Å²) in [7, 11) is 0. The number of nitrogens with zero attached hydrogens (tertiary/aromatic N) is 4. The first-order valence-electron chi connectivity index (χ1n) is 15.3. The highest BCUT2D eigenvalue weighted by molar-refractivity contribution is 6.09. The molecule has 0 aliphatic heterocycles. The summed E-state index contributed by atoms with van der Waals surface area (Å²) in [6, 6.07) is 53.8. The summed E-state index contributed by atoms with van der Waals surface area (Å²) >= 11 is 0. The molecule has 0 radical (unpaired) electrons. The van der Waals surface area contributed by atoms with E-state index < -0.39 is 0 Å². The molecule has 0 amide bonds. The van der Waals surface area contributed by atoms with Crippen molar-refractivity contribution >= 4 is 27.7 Å². The van der Waals surface area contributed by atoms with Crippen molar-refractivity contribution in [3.8, 4) is 56.4 Å². The lowest BCUT2D eigenvalue weighted by atomic mass is 10.0. The van der Waals surface area contributed by atoms with Crippen LogP contribution in [-0.4, -0.2) is 19.4 Å². The van der Waals surface area contributed by atoms with Gasteiger partial charge in [0.15, 0.2) is 23.1 Å². The van der Waals surface area contributed by atoms with Gasteiger partial charge in [-0.1, -0.05) is 146 Å². The van der Waals surface area contributed by atoms with Crippen LogP contribution in [0.4, 0.5) is 0 Å². The third-order valence-corrected chi connectivity index (χ3v) is 8.48. The van der Waals surface area contributed by atoms with Gasteiger partial charge in [0.25, 0.3) is 0 Å². The van der Waals surface area contributed by atoms with Crippen molar-refractivity contribution in [2.45, 2.75) is 0 Å². The number of hydrogen-bond donors (Lipinski definition) is 0. The number of aromatic nitrogens is 4. The van der Waals surface area contributed by atoms with Crippen molar-refractivity contribution < 1.29 is 4.42 Å². The fraction of sp³-hybridized carbons (Fsp3) is 0. The van der Waals surface area contributed by atoms with Gasteiger partial charge in [0.2, 0.25) is 5.71 Å². The van der Waals surface area contributed by atoms with Crippen molar-refractivity contribution in [2.75, 3.05) is 0 Å². The van der Waals surface area contributed by atoms with Gasteiger partial charge in [-0.05, 0) is 23.3 Å². The van der Waals surface area contributed by atoms with Gasteiger partial charge in [-0.25, -0.2) is 15.0 Å². The van der Waals surface area contributed by atoms with Gasteiger partial charge in [0.05, 0.1) is 16.6 Å². The van der Waals surface area contributed by atoms with E-state index >= 15 is 0 Å². The van der Waals surface area contributed by atoms with Crippen molar-refractivity contribution in [3.63, 3.8) is 0 Å². The lowest BCUT2D eigenvalue weighted by molar-refractivity contribution is 0.658. The molecule has 9 rings (SSSR count). The van der Waals surface area contributed by atoms with Gasteiger partial charge in [0.1, 0.15) is 0 Å². The molecule has 0 aliphatic carbocycles. The SMILES string of the molecule is c1ccc(-c2nc(-c3ccccc3)nc(-c3ccc(-c4c5ccccc5n5c4oc4cccc(-c6ccccc6)c45)cc3)n2)cc1. The van der Waals surface area contributed by atoms with E-state index in [1.807, 2.05) is 72.8 Å². The minimum Gasteiger partial charge on any atom is -0.438 e. The van der Waals surface area contributed by atoms with Crippen molar-refractivity contribution in [1.29, 1.82) is 0 Å². The average Bonchev–Trinajstić information content (AvgIpc) is 3.67. The zero-order valence-electron chi connectivity index (χ0n) is 24.7. The summed E-state index contributed by atoms with van der Waals surface area (Å²) in [5.74, 6) is 1.91. The van der Waals surface area contributed by atoms with Crippen LogP contribution < -0.4 is 0 Å². The molecule has 0 unspecified atom stereocenters. The summed E-state index contributed by atoms with van der Waals surface area (Å²) in [5.41, 5.74) is 11.1. The Morgan fingerprint density at radius 2 is 0.913 bits per heavy atom. The maximum absolute atomic E-state index is 6.66. The molecule has 0 saturated heterocycles. The molecule has 3 aromatic heterocycles. The molecule has 0 spiro atoms. The van der Waals surface area contributed by atoms with E-state index in [-0.39, 0.29) is 0 Å². The normalized spacial score (nSPS) is 11.5. The Hall–Kier alpha value is -6.33. The summed E-state index contributed by atoms with van der Waals surface area (Å²) in [5, 5.41) is 1.14. The maximum Gasteiger partial charge on any atom is 0.213 e. The molecule has 0 fully saturated rings. The molecule has 9 aromatic rings. The Bertz CT molecular complexity index is 2440. The molecule has 0 atom stereocenters. The van der Waals surface area contributed by atoms with E-state index in [0.29, 0.717) is 17.5 Å². The van der Waals surface area contributed by atoms with Crippen LogP contribution in [0.15, 0.2) is 162 Å². The summed E-state index contributed by atoms with van der Waals surface area (Å²) in [6.07, 6.45) is 0. The number of fused-ring (bicyclic) bond motifs is 5. The van der Waals surface area contributed by atoms with Crippen LogP contribution in [0.2, 0.25) is 0 Å². The lowest BCUT2D eigenvalue weighted by Gasteiger charge is -2.09. The maximum atomic E-state index is 6.66. The second-order valence-corrected chi connectivity index (χ2v) is 11.3. The Morgan fingerprint density at radius 1 is 0.413 bits per heavy atom. The van der Waals surface area contributed by atoms with Crippen molar-refractivity contribution in [2.24, 2.45) is 0 Å². The van der Waals surface area contributed by atoms with E-state index in [0.717, 1.165) is 66.7 Å². The van der Waals surface area contributed by atoms with Crippen molar-refractivity contribution in [1.82, 2.24) is 19.4 Å².